The van der Waals surface area contributed by atoms with Gasteiger partial charge in [0.2, 0.25) is 0 Å². The Bertz CT molecular complexity index is 1160. The van der Waals surface area contributed by atoms with Gasteiger partial charge in [-0.3, -0.25) is 4.99 Å². The molecule has 4 rings (SSSR count). The Balaban J connectivity index is 1.67. The highest BCUT2D eigenvalue weighted by Gasteiger charge is 2.11. The molecule has 0 spiro atoms. The first-order chi connectivity index (χ1) is 15.7. The molecule has 1 aromatic heterocycles. The molecule has 0 aliphatic rings. The van der Waals surface area contributed by atoms with E-state index in [4.69, 9.17) is 14.8 Å². The molecule has 0 aliphatic heterocycles. The van der Waals surface area contributed by atoms with E-state index in [1.54, 1.807) is 7.11 Å². The maximum atomic E-state index is 5.30. The third-order valence-corrected chi connectivity index (χ3v) is 5.46. The van der Waals surface area contributed by atoms with Gasteiger partial charge < -0.3 is 9.64 Å². The Morgan fingerprint density at radius 3 is 2.22 bits per heavy atom. The van der Waals surface area contributed by atoms with Crippen LogP contribution in [-0.4, -0.2) is 36.2 Å². The molecule has 5 nitrogen and oxygen atoms in total. The van der Waals surface area contributed by atoms with Crippen molar-refractivity contribution in [2.24, 2.45) is 4.99 Å². The third-order valence-electron chi connectivity index (χ3n) is 5.46. The van der Waals surface area contributed by atoms with Gasteiger partial charge in [-0.25, -0.2) is 4.68 Å². The van der Waals surface area contributed by atoms with E-state index in [2.05, 4.69) is 43.0 Å². The van der Waals surface area contributed by atoms with Crippen molar-refractivity contribution < 1.29 is 4.74 Å². The number of rotatable bonds is 8. The van der Waals surface area contributed by atoms with Crippen LogP contribution in [0.1, 0.15) is 19.4 Å². The molecular formula is C27H28N4O. The minimum atomic E-state index is 0.819. The van der Waals surface area contributed by atoms with Crippen molar-refractivity contribution in [2.45, 2.75) is 13.8 Å². The smallest absolute Gasteiger partial charge is 0.118 e. The Kier molecular flexibility index (Phi) is 6.66. The van der Waals surface area contributed by atoms with E-state index >= 15 is 0 Å². The first-order valence-electron chi connectivity index (χ1n) is 10.9. The number of aromatic nitrogens is 2. The first-order valence-corrected chi connectivity index (χ1v) is 10.9. The summed E-state index contributed by atoms with van der Waals surface area (Å²) >= 11 is 0. The zero-order valence-corrected chi connectivity index (χ0v) is 18.8. The molecule has 0 aliphatic carbocycles. The first kappa shape index (κ1) is 21.4. The number of benzene rings is 3. The van der Waals surface area contributed by atoms with Gasteiger partial charge in [0, 0.05) is 42.3 Å². The number of hydrogen-bond acceptors (Lipinski definition) is 4. The Hall–Kier alpha value is -3.86. The second-order valence-electron chi connectivity index (χ2n) is 7.39. The molecule has 0 atom stereocenters. The standard InChI is InChI=1S/C27H28N4O/c1-4-30(5-2)24-15-13-23(14-16-24)28-19-22-20-31(25-9-7-6-8-10-25)29-27(22)21-11-17-26(32-3)18-12-21/h6-20H,4-5H2,1-3H3. The molecule has 0 N–H and O–H groups in total. The number of ether oxygens (including phenoxy) is 1. The van der Waals surface area contributed by atoms with Gasteiger partial charge in [0.1, 0.15) is 11.4 Å². The molecule has 0 saturated heterocycles. The number of aliphatic imine (C=N–C) groups is 1. The molecule has 0 fully saturated rings. The van der Waals surface area contributed by atoms with Crippen molar-refractivity contribution >= 4 is 17.6 Å². The van der Waals surface area contributed by atoms with Crippen molar-refractivity contribution in [1.29, 1.82) is 0 Å². The summed E-state index contributed by atoms with van der Waals surface area (Å²) in [7, 11) is 1.67. The number of hydrogen-bond donors (Lipinski definition) is 0. The summed E-state index contributed by atoms with van der Waals surface area (Å²) in [4.78, 5) is 7.05. The summed E-state index contributed by atoms with van der Waals surface area (Å²) in [5, 5.41) is 4.86. The SMILES string of the molecule is CCN(CC)c1ccc(N=Cc2cn(-c3ccccc3)nc2-c2ccc(OC)cc2)cc1. The van der Waals surface area contributed by atoms with Crippen molar-refractivity contribution in [2.75, 3.05) is 25.1 Å². The van der Waals surface area contributed by atoms with Crippen LogP contribution in [0.25, 0.3) is 16.9 Å². The zero-order valence-electron chi connectivity index (χ0n) is 18.8. The molecule has 162 valence electrons. The summed E-state index contributed by atoms with van der Waals surface area (Å²) < 4.78 is 7.20. The van der Waals surface area contributed by atoms with E-state index in [9.17, 15) is 0 Å². The summed E-state index contributed by atoms with van der Waals surface area (Å²) in [6, 6.07) is 26.4. The normalized spacial score (nSPS) is 11.1. The molecule has 0 bridgehead atoms. The highest BCUT2D eigenvalue weighted by atomic mass is 16.5. The fourth-order valence-electron chi connectivity index (χ4n) is 3.65. The lowest BCUT2D eigenvalue weighted by Crippen LogP contribution is -2.21. The molecule has 5 heteroatoms. The maximum Gasteiger partial charge on any atom is 0.118 e. The lowest BCUT2D eigenvalue weighted by Gasteiger charge is -2.20. The fraction of sp³-hybridized carbons (Fsp3) is 0.185. The van der Waals surface area contributed by atoms with E-state index < -0.39 is 0 Å². The van der Waals surface area contributed by atoms with Crippen molar-refractivity contribution in [1.82, 2.24) is 9.78 Å². The number of methoxy groups -OCH3 is 1. The Labute approximate surface area is 189 Å². The van der Waals surface area contributed by atoms with E-state index in [-0.39, 0.29) is 0 Å². The Morgan fingerprint density at radius 1 is 0.906 bits per heavy atom. The molecule has 0 amide bonds. The van der Waals surface area contributed by atoms with Gasteiger partial charge in [0.25, 0.3) is 0 Å². The molecule has 0 radical (unpaired) electrons. The fourth-order valence-corrected chi connectivity index (χ4v) is 3.65. The second kappa shape index (κ2) is 9.96. The maximum absolute atomic E-state index is 5.30. The van der Waals surface area contributed by atoms with Crippen molar-refractivity contribution in [3.63, 3.8) is 0 Å². The minimum absolute atomic E-state index is 0.819. The van der Waals surface area contributed by atoms with Crippen molar-refractivity contribution in [3.05, 3.63) is 90.6 Å². The van der Waals surface area contributed by atoms with Gasteiger partial charge in [-0.1, -0.05) is 18.2 Å². The van der Waals surface area contributed by atoms with Gasteiger partial charge in [-0.05, 0) is 74.5 Å². The van der Waals surface area contributed by atoms with Crippen LogP contribution in [0.5, 0.6) is 5.75 Å². The highest BCUT2D eigenvalue weighted by Crippen LogP contribution is 2.26. The van der Waals surface area contributed by atoms with Crippen LogP contribution >= 0.6 is 0 Å². The number of nitrogens with zero attached hydrogens (tertiary/aromatic N) is 4. The Morgan fingerprint density at radius 2 is 1.59 bits per heavy atom. The summed E-state index contributed by atoms with van der Waals surface area (Å²) in [6.45, 7) is 6.31. The van der Waals surface area contributed by atoms with Crippen LogP contribution in [-0.2, 0) is 0 Å². The van der Waals surface area contributed by atoms with Crippen LogP contribution in [0.4, 0.5) is 11.4 Å². The third kappa shape index (κ3) is 4.72. The molecule has 1 heterocycles. The predicted octanol–water partition coefficient (Wildman–Crippen LogP) is 6.14. The van der Waals surface area contributed by atoms with Crippen LogP contribution < -0.4 is 9.64 Å². The van der Waals surface area contributed by atoms with Gasteiger partial charge in [0.15, 0.2) is 0 Å². The molecule has 0 saturated carbocycles. The van der Waals surface area contributed by atoms with Crippen molar-refractivity contribution in [3.8, 4) is 22.7 Å². The van der Waals surface area contributed by atoms with Gasteiger partial charge in [-0.2, -0.15) is 5.10 Å². The average Bonchev–Trinajstić information content (AvgIpc) is 3.29. The van der Waals surface area contributed by atoms with E-state index in [1.165, 1.54) is 5.69 Å². The summed E-state index contributed by atoms with van der Waals surface area (Å²) in [5.41, 5.74) is 5.97. The molecule has 32 heavy (non-hydrogen) atoms. The molecule has 4 aromatic rings. The number of para-hydroxylation sites is 1. The zero-order chi connectivity index (χ0) is 22.3. The second-order valence-corrected chi connectivity index (χ2v) is 7.39. The highest BCUT2D eigenvalue weighted by molar-refractivity contribution is 5.90. The van der Waals surface area contributed by atoms with Gasteiger partial charge >= 0.3 is 0 Å². The van der Waals surface area contributed by atoms with Crippen LogP contribution in [0, 0.1) is 0 Å². The minimum Gasteiger partial charge on any atom is -0.497 e. The summed E-state index contributed by atoms with van der Waals surface area (Å²) in [5.74, 6) is 0.819. The van der Waals surface area contributed by atoms with Crippen LogP contribution in [0.3, 0.4) is 0 Å². The predicted molar refractivity (Wildman–Crippen MR) is 133 cm³/mol. The molecule has 3 aromatic carbocycles. The average molecular weight is 425 g/mol. The van der Waals surface area contributed by atoms with E-state index in [1.807, 2.05) is 71.7 Å². The largest absolute Gasteiger partial charge is 0.497 e. The monoisotopic (exact) mass is 424 g/mol. The van der Waals surface area contributed by atoms with Crippen LogP contribution in [0.15, 0.2) is 90.1 Å². The lowest BCUT2D eigenvalue weighted by atomic mass is 10.1. The molecular weight excluding hydrogens is 396 g/mol. The van der Waals surface area contributed by atoms with E-state index in [0.717, 1.165) is 47.0 Å². The van der Waals surface area contributed by atoms with E-state index in [0.29, 0.717) is 0 Å². The molecule has 0 unspecified atom stereocenters. The van der Waals surface area contributed by atoms with Gasteiger partial charge in [0.05, 0.1) is 18.5 Å². The van der Waals surface area contributed by atoms with Gasteiger partial charge in [-0.15, -0.1) is 0 Å². The van der Waals surface area contributed by atoms with Crippen LogP contribution in [0.2, 0.25) is 0 Å². The topological polar surface area (TPSA) is 42.7 Å². The lowest BCUT2D eigenvalue weighted by molar-refractivity contribution is 0.415. The number of anilines is 1. The quantitative estimate of drug-likeness (QED) is 0.319. The summed E-state index contributed by atoms with van der Waals surface area (Å²) in [6.07, 6.45) is 3.90.